The van der Waals surface area contributed by atoms with Crippen molar-refractivity contribution >= 4 is 40.1 Å². The number of nitrogens with zero attached hydrogens (tertiary/aromatic N) is 2. The zero-order valence-corrected chi connectivity index (χ0v) is 14.4. The molecule has 0 aliphatic heterocycles. The van der Waals surface area contributed by atoms with Gasteiger partial charge in [0.2, 0.25) is 0 Å². The standard InChI is InChI=1S/C16H11IN2O2S/c17-13-9-5-4-8-12(13)10-21-16(20)15-14(18-19-22-15)11-6-2-1-3-7-11/h1-9H,10H2. The molecular formula is C16H11IN2O2S. The minimum Gasteiger partial charge on any atom is -0.456 e. The van der Waals surface area contributed by atoms with Gasteiger partial charge in [-0.1, -0.05) is 53.0 Å². The van der Waals surface area contributed by atoms with Crippen LogP contribution in [0, 0.1) is 3.57 Å². The maximum atomic E-state index is 12.3. The van der Waals surface area contributed by atoms with Crippen molar-refractivity contribution in [1.82, 2.24) is 9.59 Å². The Bertz CT molecular complexity index is 790. The summed E-state index contributed by atoms with van der Waals surface area (Å²) in [5.41, 5.74) is 2.41. The average molecular weight is 422 g/mol. The second-order valence-electron chi connectivity index (χ2n) is 4.48. The van der Waals surface area contributed by atoms with Crippen molar-refractivity contribution in [3.05, 3.63) is 68.6 Å². The molecule has 0 atom stereocenters. The predicted octanol–water partition coefficient (Wildman–Crippen LogP) is 4.17. The van der Waals surface area contributed by atoms with Gasteiger partial charge in [0.15, 0.2) is 4.88 Å². The average Bonchev–Trinajstić information content (AvgIpc) is 3.04. The van der Waals surface area contributed by atoms with E-state index in [0.29, 0.717) is 10.6 Å². The molecule has 0 saturated heterocycles. The van der Waals surface area contributed by atoms with Gasteiger partial charge >= 0.3 is 5.97 Å². The van der Waals surface area contributed by atoms with E-state index in [1.54, 1.807) is 0 Å². The Morgan fingerprint density at radius 1 is 1.09 bits per heavy atom. The van der Waals surface area contributed by atoms with Crippen molar-refractivity contribution in [2.75, 3.05) is 0 Å². The normalized spacial score (nSPS) is 10.4. The molecule has 0 N–H and O–H groups in total. The van der Waals surface area contributed by atoms with Gasteiger partial charge < -0.3 is 4.74 Å². The second-order valence-corrected chi connectivity index (χ2v) is 6.40. The number of carbonyl (C=O) groups excluding carboxylic acids is 1. The van der Waals surface area contributed by atoms with Crippen molar-refractivity contribution < 1.29 is 9.53 Å². The van der Waals surface area contributed by atoms with Crippen LogP contribution in [0.25, 0.3) is 11.3 Å². The van der Waals surface area contributed by atoms with E-state index in [-0.39, 0.29) is 6.61 Å². The minimum atomic E-state index is -0.395. The molecule has 22 heavy (non-hydrogen) atoms. The number of halogens is 1. The molecule has 0 spiro atoms. The largest absolute Gasteiger partial charge is 0.456 e. The van der Waals surface area contributed by atoms with Gasteiger partial charge in [-0.05, 0) is 40.2 Å². The first-order valence-electron chi connectivity index (χ1n) is 6.54. The molecule has 0 aliphatic rings. The third-order valence-electron chi connectivity index (χ3n) is 3.04. The van der Waals surface area contributed by atoms with Crippen molar-refractivity contribution in [2.24, 2.45) is 0 Å². The topological polar surface area (TPSA) is 52.1 Å². The van der Waals surface area contributed by atoms with Crippen molar-refractivity contribution in [2.45, 2.75) is 6.61 Å². The Kier molecular flexibility index (Phi) is 4.79. The molecule has 2 aromatic carbocycles. The molecule has 0 saturated carbocycles. The van der Waals surface area contributed by atoms with Gasteiger partial charge in [0.1, 0.15) is 12.3 Å². The molecule has 0 unspecified atom stereocenters. The SMILES string of the molecule is O=C(OCc1ccccc1I)c1snnc1-c1ccccc1. The van der Waals surface area contributed by atoms with E-state index in [1.807, 2.05) is 54.6 Å². The van der Waals surface area contributed by atoms with Crippen LogP contribution in [0.3, 0.4) is 0 Å². The van der Waals surface area contributed by atoms with Crippen LogP contribution in [0.15, 0.2) is 54.6 Å². The van der Waals surface area contributed by atoms with Crippen LogP contribution in [0.1, 0.15) is 15.2 Å². The third-order valence-corrected chi connectivity index (χ3v) is 4.80. The molecule has 0 fully saturated rings. The monoisotopic (exact) mass is 422 g/mol. The molecule has 0 bridgehead atoms. The number of hydrogen-bond donors (Lipinski definition) is 0. The van der Waals surface area contributed by atoms with Gasteiger partial charge in [0.25, 0.3) is 0 Å². The van der Waals surface area contributed by atoms with E-state index in [2.05, 4.69) is 32.2 Å². The Hall–Kier alpha value is -1.80. The lowest BCUT2D eigenvalue weighted by atomic mass is 10.1. The van der Waals surface area contributed by atoms with Crippen LogP contribution < -0.4 is 0 Å². The summed E-state index contributed by atoms with van der Waals surface area (Å²) in [4.78, 5) is 12.7. The van der Waals surface area contributed by atoms with Gasteiger partial charge in [0, 0.05) is 14.7 Å². The molecule has 3 aromatic rings. The zero-order chi connectivity index (χ0) is 15.4. The first-order chi connectivity index (χ1) is 10.8. The predicted molar refractivity (Wildman–Crippen MR) is 93.6 cm³/mol. The fourth-order valence-corrected chi connectivity index (χ4v) is 3.06. The number of rotatable bonds is 4. The summed E-state index contributed by atoms with van der Waals surface area (Å²) in [6.45, 7) is 0.240. The molecule has 6 heteroatoms. The number of carbonyl (C=O) groups is 1. The minimum absolute atomic E-state index is 0.240. The molecule has 0 amide bonds. The highest BCUT2D eigenvalue weighted by Crippen LogP contribution is 2.24. The van der Waals surface area contributed by atoms with E-state index in [1.165, 1.54) is 0 Å². The van der Waals surface area contributed by atoms with Gasteiger partial charge in [-0.15, -0.1) is 5.10 Å². The van der Waals surface area contributed by atoms with Gasteiger partial charge in [0.05, 0.1) is 0 Å². The van der Waals surface area contributed by atoms with E-state index in [9.17, 15) is 4.79 Å². The first kappa shape index (κ1) is 15.1. The summed E-state index contributed by atoms with van der Waals surface area (Å²) in [6, 6.07) is 17.3. The summed E-state index contributed by atoms with van der Waals surface area (Å²) in [5.74, 6) is -0.395. The van der Waals surface area contributed by atoms with E-state index in [0.717, 1.165) is 26.2 Å². The molecule has 0 radical (unpaired) electrons. The number of benzene rings is 2. The molecule has 0 aliphatic carbocycles. The van der Waals surface area contributed by atoms with Crippen LogP contribution in [0.4, 0.5) is 0 Å². The number of esters is 1. The molecule has 4 nitrogen and oxygen atoms in total. The lowest BCUT2D eigenvalue weighted by Crippen LogP contribution is -2.05. The molecule has 1 aromatic heterocycles. The van der Waals surface area contributed by atoms with Gasteiger partial charge in [-0.25, -0.2) is 4.79 Å². The van der Waals surface area contributed by atoms with Crippen LogP contribution in [-0.2, 0) is 11.3 Å². The highest BCUT2D eigenvalue weighted by Gasteiger charge is 2.19. The van der Waals surface area contributed by atoms with Gasteiger partial charge in [-0.2, -0.15) is 0 Å². The van der Waals surface area contributed by atoms with Crippen molar-refractivity contribution in [1.29, 1.82) is 0 Å². The number of ether oxygens (including phenoxy) is 1. The fraction of sp³-hybridized carbons (Fsp3) is 0.0625. The van der Waals surface area contributed by atoms with Crippen LogP contribution in [0.2, 0.25) is 0 Å². The maximum Gasteiger partial charge on any atom is 0.352 e. The summed E-state index contributed by atoms with van der Waals surface area (Å²) >= 11 is 3.28. The quantitative estimate of drug-likeness (QED) is 0.468. The van der Waals surface area contributed by atoms with Gasteiger partial charge in [-0.3, -0.25) is 0 Å². The number of aromatic nitrogens is 2. The van der Waals surface area contributed by atoms with E-state index >= 15 is 0 Å². The summed E-state index contributed by atoms with van der Waals surface area (Å²) in [7, 11) is 0. The third kappa shape index (κ3) is 3.33. The highest BCUT2D eigenvalue weighted by atomic mass is 127. The maximum absolute atomic E-state index is 12.3. The summed E-state index contributed by atoms with van der Waals surface area (Å²) in [6.07, 6.45) is 0. The first-order valence-corrected chi connectivity index (χ1v) is 8.39. The summed E-state index contributed by atoms with van der Waals surface area (Å²) in [5, 5.41) is 4.05. The lowest BCUT2D eigenvalue weighted by Gasteiger charge is -2.06. The fourth-order valence-electron chi connectivity index (χ4n) is 1.93. The molecule has 1 heterocycles. The van der Waals surface area contributed by atoms with E-state index < -0.39 is 5.97 Å². The second kappa shape index (κ2) is 6.97. The molecule has 110 valence electrons. The Balaban J connectivity index is 1.77. The van der Waals surface area contributed by atoms with Crippen molar-refractivity contribution in [3.63, 3.8) is 0 Å². The number of hydrogen-bond acceptors (Lipinski definition) is 5. The van der Waals surface area contributed by atoms with Crippen LogP contribution in [0.5, 0.6) is 0 Å². The Labute approximate surface area is 145 Å². The van der Waals surface area contributed by atoms with Crippen molar-refractivity contribution in [3.8, 4) is 11.3 Å². The molecular weight excluding hydrogens is 411 g/mol. The highest BCUT2D eigenvalue weighted by molar-refractivity contribution is 14.1. The van der Waals surface area contributed by atoms with Crippen LogP contribution in [-0.4, -0.2) is 15.6 Å². The zero-order valence-electron chi connectivity index (χ0n) is 11.4. The van der Waals surface area contributed by atoms with Crippen LogP contribution >= 0.6 is 34.1 Å². The van der Waals surface area contributed by atoms with E-state index in [4.69, 9.17) is 4.74 Å². The summed E-state index contributed by atoms with van der Waals surface area (Å²) < 4.78 is 10.4. The Morgan fingerprint density at radius 3 is 2.59 bits per heavy atom. The molecule has 3 rings (SSSR count). The smallest absolute Gasteiger partial charge is 0.352 e. The lowest BCUT2D eigenvalue weighted by molar-refractivity contribution is 0.0478. The Morgan fingerprint density at radius 2 is 1.82 bits per heavy atom.